The van der Waals surface area contributed by atoms with Gasteiger partial charge in [-0.15, -0.1) is 0 Å². The predicted octanol–water partition coefficient (Wildman–Crippen LogP) is 3.41. The lowest BCUT2D eigenvalue weighted by Gasteiger charge is -2.21. The Morgan fingerprint density at radius 1 is 1.25 bits per heavy atom. The van der Waals surface area contributed by atoms with Crippen molar-refractivity contribution >= 4 is 15.9 Å². The lowest BCUT2D eigenvalue weighted by atomic mass is 10.1. The molecule has 1 aromatic carbocycles. The maximum absolute atomic E-state index is 6.05. The third-order valence-electron chi connectivity index (χ3n) is 3.11. The van der Waals surface area contributed by atoms with E-state index in [1.54, 1.807) is 0 Å². The molecule has 1 saturated carbocycles. The summed E-state index contributed by atoms with van der Waals surface area (Å²) in [5.74, 6) is 0. The molecule has 0 aliphatic heterocycles. The summed E-state index contributed by atoms with van der Waals surface area (Å²) in [7, 11) is 0. The fourth-order valence-corrected chi connectivity index (χ4v) is 2.47. The topological polar surface area (TPSA) is 35.2 Å². The second-order valence-electron chi connectivity index (χ2n) is 4.32. The summed E-state index contributed by atoms with van der Waals surface area (Å²) in [6.07, 6.45) is 5.43. The Labute approximate surface area is 105 Å². The van der Waals surface area contributed by atoms with Gasteiger partial charge in [-0.25, -0.2) is 0 Å². The standard InChI is InChI=1S/C13H18BrNO/c14-11-7-5-10(6-8-11)13(9-15)16-12-3-1-2-4-12/h5-8,12-13H,1-4,9,15H2. The summed E-state index contributed by atoms with van der Waals surface area (Å²) in [5.41, 5.74) is 6.96. The molecule has 0 heterocycles. The van der Waals surface area contributed by atoms with E-state index in [0.717, 1.165) is 4.47 Å². The van der Waals surface area contributed by atoms with Crippen molar-refractivity contribution in [2.75, 3.05) is 6.54 Å². The molecule has 0 spiro atoms. The van der Waals surface area contributed by atoms with E-state index < -0.39 is 0 Å². The smallest absolute Gasteiger partial charge is 0.0950 e. The summed E-state index contributed by atoms with van der Waals surface area (Å²) < 4.78 is 7.14. The van der Waals surface area contributed by atoms with Gasteiger partial charge in [0.25, 0.3) is 0 Å². The van der Waals surface area contributed by atoms with Crippen molar-refractivity contribution in [3.8, 4) is 0 Å². The number of rotatable bonds is 4. The fraction of sp³-hybridized carbons (Fsp3) is 0.538. The monoisotopic (exact) mass is 283 g/mol. The first-order valence-corrected chi connectivity index (χ1v) is 6.70. The highest BCUT2D eigenvalue weighted by Gasteiger charge is 2.20. The second-order valence-corrected chi connectivity index (χ2v) is 5.23. The van der Waals surface area contributed by atoms with E-state index >= 15 is 0 Å². The van der Waals surface area contributed by atoms with Crippen molar-refractivity contribution in [1.82, 2.24) is 0 Å². The second kappa shape index (κ2) is 5.80. The lowest BCUT2D eigenvalue weighted by molar-refractivity contribution is -0.00437. The molecule has 0 aromatic heterocycles. The first-order valence-electron chi connectivity index (χ1n) is 5.90. The van der Waals surface area contributed by atoms with Crippen LogP contribution in [-0.4, -0.2) is 12.6 Å². The summed E-state index contributed by atoms with van der Waals surface area (Å²) in [4.78, 5) is 0. The fourth-order valence-electron chi connectivity index (χ4n) is 2.20. The van der Waals surface area contributed by atoms with Crippen LogP contribution in [0.3, 0.4) is 0 Å². The molecule has 16 heavy (non-hydrogen) atoms. The van der Waals surface area contributed by atoms with Crippen LogP contribution in [0.2, 0.25) is 0 Å². The quantitative estimate of drug-likeness (QED) is 0.919. The normalized spacial score (nSPS) is 18.9. The van der Waals surface area contributed by atoms with Crippen molar-refractivity contribution in [2.45, 2.75) is 37.9 Å². The Morgan fingerprint density at radius 3 is 2.44 bits per heavy atom. The third-order valence-corrected chi connectivity index (χ3v) is 3.64. The Morgan fingerprint density at radius 2 is 1.88 bits per heavy atom. The highest BCUT2D eigenvalue weighted by molar-refractivity contribution is 9.10. The average molecular weight is 284 g/mol. The molecule has 2 nitrogen and oxygen atoms in total. The molecule has 1 atom stereocenters. The van der Waals surface area contributed by atoms with Crippen LogP contribution in [0.15, 0.2) is 28.7 Å². The minimum absolute atomic E-state index is 0.0520. The lowest BCUT2D eigenvalue weighted by Crippen LogP contribution is -2.20. The van der Waals surface area contributed by atoms with E-state index in [4.69, 9.17) is 10.5 Å². The zero-order chi connectivity index (χ0) is 11.4. The van der Waals surface area contributed by atoms with Gasteiger partial charge >= 0.3 is 0 Å². The summed E-state index contributed by atoms with van der Waals surface area (Å²) >= 11 is 3.43. The highest BCUT2D eigenvalue weighted by atomic mass is 79.9. The van der Waals surface area contributed by atoms with Crippen LogP contribution in [0.25, 0.3) is 0 Å². The van der Waals surface area contributed by atoms with Gasteiger partial charge in [0, 0.05) is 11.0 Å². The molecule has 1 aromatic rings. The van der Waals surface area contributed by atoms with E-state index in [-0.39, 0.29) is 6.10 Å². The maximum atomic E-state index is 6.05. The zero-order valence-electron chi connectivity index (χ0n) is 9.36. The molecule has 2 rings (SSSR count). The molecule has 1 aliphatic carbocycles. The molecule has 0 amide bonds. The molecule has 1 aliphatic rings. The van der Waals surface area contributed by atoms with E-state index in [0.29, 0.717) is 12.6 Å². The molecular weight excluding hydrogens is 266 g/mol. The Hall–Kier alpha value is -0.380. The first-order chi connectivity index (χ1) is 7.79. The van der Waals surface area contributed by atoms with Gasteiger partial charge in [-0.1, -0.05) is 40.9 Å². The number of halogens is 1. The van der Waals surface area contributed by atoms with Crippen molar-refractivity contribution in [3.05, 3.63) is 34.3 Å². The van der Waals surface area contributed by atoms with Crippen LogP contribution < -0.4 is 5.73 Å². The molecule has 0 radical (unpaired) electrons. The van der Waals surface area contributed by atoms with Gasteiger partial charge in [-0.05, 0) is 30.5 Å². The van der Waals surface area contributed by atoms with Crippen molar-refractivity contribution in [1.29, 1.82) is 0 Å². The van der Waals surface area contributed by atoms with Gasteiger partial charge in [0.05, 0.1) is 12.2 Å². The van der Waals surface area contributed by atoms with Crippen LogP contribution in [0.4, 0.5) is 0 Å². The molecule has 0 bridgehead atoms. The van der Waals surface area contributed by atoms with Crippen LogP contribution in [0.1, 0.15) is 37.4 Å². The van der Waals surface area contributed by atoms with Crippen molar-refractivity contribution in [3.63, 3.8) is 0 Å². The molecule has 3 heteroatoms. The molecular formula is C13H18BrNO. The van der Waals surface area contributed by atoms with Crippen LogP contribution in [-0.2, 0) is 4.74 Å². The van der Waals surface area contributed by atoms with Gasteiger partial charge in [0.2, 0.25) is 0 Å². The molecule has 1 fully saturated rings. The van der Waals surface area contributed by atoms with E-state index in [1.165, 1.54) is 31.2 Å². The summed E-state index contributed by atoms with van der Waals surface area (Å²) in [6, 6.07) is 8.24. The minimum Gasteiger partial charge on any atom is -0.369 e. The van der Waals surface area contributed by atoms with Crippen LogP contribution in [0, 0.1) is 0 Å². The van der Waals surface area contributed by atoms with Gasteiger partial charge in [0.1, 0.15) is 0 Å². The number of hydrogen-bond acceptors (Lipinski definition) is 2. The number of ether oxygens (including phenoxy) is 1. The van der Waals surface area contributed by atoms with Gasteiger partial charge in [-0.3, -0.25) is 0 Å². The Bertz CT molecular complexity index is 319. The minimum atomic E-state index is 0.0520. The maximum Gasteiger partial charge on any atom is 0.0950 e. The highest BCUT2D eigenvalue weighted by Crippen LogP contribution is 2.27. The Balaban J connectivity index is 2.00. The SMILES string of the molecule is NCC(OC1CCCC1)c1ccc(Br)cc1. The van der Waals surface area contributed by atoms with Gasteiger partial charge in [-0.2, -0.15) is 0 Å². The van der Waals surface area contributed by atoms with E-state index in [1.807, 2.05) is 12.1 Å². The van der Waals surface area contributed by atoms with Crippen molar-refractivity contribution in [2.24, 2.45) is 5.73 Å². The largest absolute Gasteiger partial charge is 0.369 e. The van der Waals surface area contributed by atoms with E-state index in [2.05, 4.69) is 28.1 Å². The molecule has 2 N–H and O–H groups in total. The number of benzene rings is 1. The van der Waals surface area contributed by atoms with Crippen LogP contribution in [0.5, 0.6) is 0 Å². The molecule has 1 unspecified atom stereocenters. The average Bonchev–Trinajstić information content (AvgIpc) is 2.80. The summed E-state index contributed by atoms with van der Waals surface area (Å²) in [5, 5.41) is 0. The predicted molar refractivity (Wildman–Crippen MR) is 69.3 cm³/mol. The Kier molecular flexibility index (Phi) is 4.38. The van der Waals surface area contributed by atoms with Gasteiger partial charge < -0.3 is 10.5 Å². The van der Waals surface area contributed by atoms with Gasteiger partial charge in [0.15, 0.2) is 0 Å². The number of nitrogens with two attached hydrogens (primary N) is 1. The first kappa shape index (κ1) is 12.1. The zero-order valence-corrected chi connectivity index (χ0v) is 10.9. The molecule has 0 saturated heterocycles. The molecule has 88 valence electrons. The van der Waals surface area contributed by atoms with Crippen LogP contribution >= 0.6 is 15.9 Å². The van der Waals surface area contributed by atoms with Crippen molar-refractivity contribution < 1.29 is 4.74 Å². The third kappa shape index (κ3) is 3.06. The summed E-state index contributed by atoms with van der Waals surface area (Å²) in [6.45, 7) is 0.554. The number of hydrogen-bond donors (Lipinski definition) is 1. The van der Waals surface area contributed by atoms with E-state index in [9.17, 15) is 0 Å².